The van der Waals surface area contributed by atoms with Crippen LogP contribution in [0.15, 0.2) is 6.07 Å². The van der Waals surface area contributed by atoms with Gasteiger partial charge in [-0.25, -0.2) is 4.39 Å². The van der Waals surface area contributed by atoms with E-state index >= 15 is 0 Å². The lowest BCUT2D eigenvalue weighted by Crippen LogP contribution is -2.31. The van der Waals surface area contributed by atoms with Gasteiger partial charge in [0.2, 0.25) is 5.91 Å². The number of phenolic OH excluding ortho intramolecular Hbond substituents is 1. The molecule has 1 aromatic carbocycles. The Labute approximate surface area is 145 Å². The summed E-state index contributed by atoms with van der Waals surface area (Å²) in [4.78, 5) is 25.3. The quantitative estimate of drug-likeness (QED) is 0.755. The van der Waals surface area contributed by atoms with Gasteiger partial charge >= 0.3 is 5.97 Å². The minimum atomic E-state index is -0.819. The van der Waals surface area contributed by atoms with Gasteiger partial charge in [-0.1, -0.05) is 0 Å². The van der Waals surface area contributed by atoms with Crippen LogP contribution < -0.4 is 4.74 Å². The molecule has 1 aliphatic rings. The van der Waals surface area contributed by atoms with Crippen molar-refractivity contribution in [2.75, 3.05) is 20.3 Å². The minimum Gasteiger partial charge on any atom is -0.504 e. The third kappa shape index (κ3) is 3.84. The molecule has 25 heavy (non-hydrogen) atoms. The second kappa shape index (κ2) is 8.15. The third-order valence-corrected chi connectivity index (χ3v) is 3.91. The lowest BCUT2D eigenvalue weighted by molar-refractivity contribution is -0.151. The van der Waals surface area contributed by atoms with Gasteiger partial charge in [0.05, 0.1) is 26.7 Å². The number of carbonyl (C=O) groups is 2. The second-order valence-electron chi connectivity index (χ2n) is 5.45. The number of carbonyl (C=O) groups excluding carboxylic acids is 2. The molecule has 0 bridgehead atoms. The van der Waals surface area contributed by atoms with Gasteiger partial charge in [-0.3, -0.25) is 9.59 Å². The number of amides is 1. The Kier molecular flexibility index (Phi) is 6.19. The van der Waals surface area contributed by atoms with Crippen LogP contribution in [0.2, 0.25) is 0 Å². The molecule has 1 amide bonds. The third-order valence-electron chi connectivity index (χ3n) is 3.91. The van der Waals surface area contributed by atoms with E-state index in [0.717, 1.165) is 0 Å². The number of ether oxygens (including phenoxy) is 3. The van der Waals surface area contributed by atoms with Crippen LogP contribution in [0.25, 0.3) is 0 Å². The molecule has 0 fully saturated rings. The fraction of sp³-hybridized carbons (Fsp3) is 0.529. The van der Waals surface area contributed by atoms with Crippen molar-refractivity contribution in [1.82, 2.24) is 4.90 Å². The van der Waals surface area contributed by atoms with E-state index in [1.54, 1.807) is 13.8 Å². The predicted molar refractivity (Wildman–Crippen MR) is 85.4 cm³/mol. The number of hydrogen-bond donors (Lipinski definition) is 1. The Balaban J connectivity index is 2.24. The van der Waals surface area contributed by atoms with Crippen LogP contribution in [0.5, 0.6) is 11.5 Å². The average molecular weight is 355 g/mol. The topological polar surface area (TPSA) is 85.3 Å². The Bertz CT molecular complexity index is 663. The van der Waals surface area contributed by atoms with Gasteiger partial charge in [0.15, 0.2) is 23.5 Å². The molecule has 2 rings (SSSR count). The molecule has 8 heteroatoms. The number of benzene rings is 1. The van der Waals surface area contributed by atoms with Gasteiger partial charge < -0.3 is 24.2 Å². The van der Waals surface area contributed by atoms with E-state index in [-0.39, 0.29) is 49.0 Å². The van der Waals surface area contributed by atoms with E-state index in [1.165, 1.54) is 18.1 Å². The number of phenols is 1. The van der Waals surface area contributed by atoms with Gasteiger partial charge in [0.25, 0.3) is 0 Å². The van der Waals surface area contributed by atoms with Crippen molar-refractivity contribution < 1.29 is 33.3 Å². The number of esters is 1. The second-order valence-corrected chi connectivity index (χ2v) is 5.45. The first-order chi connectivity index (χ1) is 11.9. The molecule has 7 nitrogen and oxygen atoms in total. The predicted octanol–water partition coefficient (Wildman–Crippen LogP) is 2.26. The average Bonchev–Trinajstić information content (AvgIpc) is 2.93. The van der Waals surface area contributed by atoms with Crippen molar-refractivity contribution in [3.8, 4) is 11.5 Å². The summed E-state index contributed by atoms with van der Waals surface area (Å²) in [5.74, 6) is -2.17. The van der Waals surface area contributed by atoms with E-state index in [1.807, 2.05) is 0 Å². The number of rotatable bonds is 7. The zero-order valence-corrected chi connectivity index (χ0v) is 14.5. The lowest BCUT2D eigenvalue weighted by Gasteiger charge is -2.24. The zero-order valence-electron chi connectivity index (χ0n) is 14.5. The Morgan fingerprint density at radius 1 is 1.32 bits per heavy atom. The van der Waals surface area contributed by atoms with Crippen LogP contribution in [0, 0.1) is 5.82 Å². The van der Waals surface area contributed by atoms with Crippen molar-refractivity contribution in [3.63, 3.8) is 0 Å². The number of methoxy groups -OCH3 is 1. The van der Waals surface area contributed by atoms with E-state index in [2.05, 4.69) is 0 Å². The molecule has 1 atom stereocenters. The van der Waals surface area contributed by atoms with Gasteiger partial charge in [0.1, 0.15) is 0 Å². The molecule has 1 aromatic rings. The van der Waals surface area contributed by atoms with Gasteiger partial charge in [-0.05, 0) is 19.9 Å². The fourth-order valence-electron chi connectivity index (χ4n) is 2.81. The lowest BCUT2D eigenvalue weighted by atomic mass is 10.1. The molecule has 0 spiro atoms. The maximum atomic E-state index is 14.5. The van der Waals surface area contributed by atoms with Crippen molar-refractivity contribution in [2.24, 2.45) is 0 Å². The normalized spacial score (nSPS) is 15.8. The number of nitrogens with zero attached hydrogens (tertiary/aromatic N) is 1. The first-order valence-electron chi connectivity index (χ1n) is 8.09. The highest BCUT2D eigenvalue weighted by atomic mass is 19.1. The standard InChI is InChI=1S/C17H22FNO6/c1-4-24-14(22)7-6-13(21)19-9-11-10(17(19)25-5-2)8-12(20)16(23-3)15(11)18/h8,17,20H,4-7,9H2,1-3H3. The summed E-state index contributed by atoms with van der Waals surface area (Å²) in [6, 6.07) is 1.34. The van der Waals surface area contributed by atoms with Crippen LogP contribution in [-0.4, -0.2) is 42.2 Å². The zero-order chi connectivity index (χ0) is 18.6. The SMILES string of the molecule is CCOC(=O)CCC(=O)N1Cc2c(cc(O)c(OC)c2F)C1OCC. The molecule has 0 saturated heterocycles. The van der Waals surface area contributed by atoms with Gasteiger partial charge in [-0.2, -0.15) is 0 Å². The van der Waals surface area contributed by atoms with Crippen molar-refractivity contribution in [3.05, 3.63) is 23.0 Å². The minimum absolute atomic E-state index is 0.0237. The molecule has 1 aliphatic heterocycles. The highest BCUT2D eigenvalue weighted by Crippen LogP contribution is 2.43. The van der Waals surface area contributed by atoms with Crippen LogP contribution in [-0.2, 0) is 25.6 Å². The Morgan fingerprint density at radius 3 is 2.64 bits per heavy atom. The molecular weight excluding hydrogens is 333 g/mol. The van der Waals surface area contributed by atoms with Crippen molar-refractivity contribution in [2.45, 2.75) is 39.5 Å². The molecule has 138 valence electrons. The molecule has 1 heterocycles. The molecule has 1 N–H and O–H groups in total. The molecule has 1 unspecified atom stereocenters. The van der Waals surface area contributed by atoms with Crippen molar-refractivity contribution in [1.29, 1.82) is 0 Å². The summed E-state index contributed by atoms with van der Waals surface area (Å²) in [6.07, 6.45) is -0.947. The summed E-state index contributed by atoms with van der Waals surface area (Å²) in [7, 11) is 1.25. The fourth-order valence-corrected chi connectivity index (χ4v) is 2.81. The molecule has 0 radical (unpaired) electrons. The molecular formula is C17H22FNO6. The maximum Gasteiger partial charge on any atom is 0.306 e. The number of halogens is 1. The number of hydrogen-bond acceptors (Lipinski definition) is 6. The largest absolute Gasteiger partial charge is 0.504 e. The van der Waals surface area contributed by atoms with E-state index < -0.39 is 18.0 Å². The Hall–Kier alpha value is -2.35. The van der Waals surface area contributed by atoms with E-state index in [0.29, 0.717) is 12.2 Å². The summed E-state index contributed by atoms with van der Waals surface area (Å²) in [6.45, 7) is 3.95. The molecule has 0 aromatic heterocycles. The van der Waals surface area contributed by atoms with Crippen molar-refractivity contribution >= 4 is 11.9 Å². The van der Waals surface area contributed by atoms with Crippen LogP contribution in [0.3, 0.4) is 0 Å². The summed E-state index contributed by atoms with van der Waals surface area (Å²) in [5, 5.41) is 9.92. The highest BCUT2D eigenvalue weighted by molar-refractivity contribution is 5.82. The van der Waals surface area contributed by atoms with E-state index in [9.17, 15) is 19.1 Å². The first-order valence-corrected chi connectivity index (χ1v) is 8.09. The summed E-state index contributed by atoms with van der Waals surface area (Å²) in [5.41, 5.74) is 0.611. The van der Waals surface area contributed by atoms with Crippen LogP contribution in [0.4, 0.5) is 4.39 Å². The first kappa shape index (κ1) is 19.0. The summed E-state index contributed by atoms with van der Waals surface area (Å²) < 4.78 is 29.8. The monoisotopic (exact) mass is 355 g/mol. The Morgan fingerprint density at radius 2 is 2.04 bits per heavy atom. The molecule has 0 saturated carbocycles. The van der Waals surface area contributed by atoms with Gasteiger partial charge in [0, 0.05) is 24.2 Å². The van der Waals surface area contributed by atoms with E-state index in [4.69, 9.17) is 14.2 Å². The van der Waals surface area contributed by atoms with Gasteiger partial charge in [-0.15, -0.1) is 0 Å². The molecule has 0 aliphatic carbocycles. The maximum absolute atomic E-state index is 14.5. The van der Waals surface area contributed by atoms with Crippen LogP contribution >= 0.6 is 0 Å². The number of aromatic hydroxyl groups is 1. The summed E-state index contributed by atoms with van der Waals surface area (Å²) >= 11 is 0. The smallest absolute Gasteiger partial charge is 0.306 e. The van der Waals surface area contributed by atoms with Crippen LogP contribution in [0.1, 0.15) is 44.0 Å². The number of fused-ring (bicyclic) bond motifs is 1. The highest BCUT2D eigenvalue weighted by Gasteiger charge is 2.38.